The van der Waals surface area contributed by atoms with Gasteiger partial charge in [0.15, 0.2) is 0 Å². The van der Waals surface area contributed by atoms with Gasteiger partial charge in [0.05, 0.1) is 0 Å². The molecule has 14 heavy (non-hydrogen) atoms. The van der Waals surface area contributed by atoms with Crippen molar-refractivity contribution in [3.05, 3.63) is 18.5 Å². The third kappa shape index (κ3) is 1.72. The van der Waals surface area contributed by atoms with Gasteiger partial charge in [-0.2, -0.15) is 0 Å². The zero-order valence-electron chi connectivity index (χ0n) is 9.07. The molecule has 3 nitrogen and oxygen atoms in total. The van der Waals surface area contributed by atoms with Crippen LogP contribution >= 0.6 is 0 Å². The summed E-state index contributed by atoms with van der Waals surface area (Å²) in [6.07, 6.45) is 3.60. The van der Waals surface area contributed by atoms with Crippen LogP contribution in [0.1, 0.15) is 20.8 Å². The van der Waals surface area contributed by atoms with Crippen molar-refractivity contribution in [2.24, 2.45) is 11.3 Å². The highest BCUT2D eigenvalue weighted by molar-refractivity contribution is 5.33. The van der Waals surface area contributed by atoms with E-state index in [1.54, 1.807) is 12.4 Å². The predicted octanol–water partition coefficient (Wildman–Crippen LogP) is 1.96. The van der Waals surface area contributed by atoms with Crippen molar-refractivity contribution in [1.29, 1.82) is 0 Å². The molecule has 0 atom stereocenters. The first-order chi connectivity index (χ1) is 6.57. The summed E-state index contributed by atoms with van der Waals surface area (Å²) in [6, 6.07) is 1.85. The quantitative estimate of drug-likeness (QED) is 0.679. The maximum absolute atomic E-state index is 4.23. The molecule has 0 saturated carbocycles. The predicted molar refractivity (Wildman–Crippen MR) is 57.2 cm³/mol. The molecule has 76 valence electrons. The van der Waals surface area contributed by atoms with E-state index in [1.165, 1.54) is 0 Å². The monoisotopic (exact) mass is 191 g/mol. The molecule has 0 amide bonds. The Bertz CT molecular complexity index is 296. The van der Waals surface area contributed by atoms with Gasteiger partial charge in [0, 0.05) is 25.5 Å². The van der Waals surface area contributed by atoms with Crippen LogP contribution in [-0.4, -0.2) is 23.1 Å². The van der Waals surface area contributed by atoms with E-state index in [9.17, 15) is 0 Å². The smallest absolute Gasteiger partial charge is 0.225 e. The van der Waals surface area contributed by atoms with E-state index in [-0.39, 0.29) is 0 Å². The Labute approximate surface area is 85.2 Å². The molecule has 0 bridgehead atoms. The van der Waals surface area contributed by atoms with Crippen LogP contribution in [-0.2, 0) is 0 Å². The van der Waals surface area contributed by atoms with E-state index >= 15 is 0 Å². The van der Waals surface area contributed by atoms with Crippen molar-refractivity contribution >= 4 is 5.95 Å². The lowest BCUT2D eigenvalue weighted by Crippen LogP contribution is -2.52. The molecule has 0 spiro atoms. The van der Waals surface area contributed by atoms with E-state index in [0.29, 0.717) is 5.41 Å². The number of hydrogen-bond acceptors (Lipinski definition) is 3. The van der Waals surface area contributed by atoms with E-state index < -0.39 is 0 Å². The molecule has 1 fully saturated rings. The molecule has 0 aromatic carbocycles. The van der Waals surface area contributed by atoms with Crippen molar-refractivity contribution < 1.29 is 0 Å². The van der Waals surface area contributed by atoms with Crippen LogP contribution in [0.2, 0.25) is 0 Å². The minimum Gasteiger partial charge on any atom is -0.340 e. The van der Waals surface area contributed by atoms with E-state index in [1.807, 2.05) is 6.07 Å². The lowest BCUT2D eigenvalue weighted by atomic mass is 9.76. The van der Waals surface area contributed by atoms with Gasteiger partial charge in [-0.05, 0) is 17.4 Å². The van der Waals surface area contributed by atoms with Gasteiger partial charge in [-0.15, -0.1) is 0 Å². The molecule has 3 heteroatoms. The lowest BCUT2D eigenvalue weighted by Gasteiger charge is -2.46. The summed E-state index contributed by atoms with van der Waals surface area (Å²) in [6.45, 7) is 9.06. The Kier molecular flexibility index (Phi) is 2.17. The second kappa shape index (κ2) is 3.23. The number of nitrogens with zero attached hydrogens (tertiary/aromatic N) is 3. The Morgan fingerprint density at radius 2 is 1.79 bits per heavy atom. The van der Waals surface area contributed by atoms with Gasteiger partial charge in [0.2, 0.25) is 5.95 Å². The molecule has 1 saturated heterocycles. The van der Waals surface area contributed by atoms with Gasteiger partial charge in [-0.25, -0.2) is 9.97 Å². The number of anilines is 1. The fourth-order valence-electron chi connectivity index (χ4n) is 1.64. The number of hydrogen-bond donors (Lipinski definition) is 0. The van der Waals surface area contributed by atoms with Gasteiger partial charge < -0.3 is 4.90 Å². The molecule has 1 aliphatic heterocycles. The molecule has 0 unspecified atom stereocenters. The Morgan fingerprint density at radius 1 is 1.21 bits per heavy atom. The SMILES string of the molecule is CC(C)(C)C1CN(c2ncccn2)C1. The topological polar surface area (TPSA) is 29.0 Å². The summed E-state index contributed by atoms with van der Waals surface area (Å²) in [5.74, 6) is 1.64. The second-order valence-electron chi connectivity index (χ2n) is 5.02. The maximum atomic E-state index is 4.23. The minimum atomic E-state index is 0.408. The standard InChI is InChI=1S/C11H17N3/c1-11(2,3)9-7-14(8-9)10-12-5-4-6-13-10/h4-6,9H,7-8H2,1-3H3. The Balaban J connectivity index is 1.96. The fraction of sp³-hybridized carbons (Fsp3) is 0.636. The zero-order valence-corrected chi connectivity index (χ0v) is 9.07. The van der Waals surface area contributed by atoms with Crippen LogP contribution in [0.5, 0.6) is 0 Å². The normalized spacial score (nSPS) is 18.1. The van der Waals surface area contributed by atoms with Crippen molar-refractivity contribution in [1.82, 2.24) is 9.97 Å². The third-order valence-electron chi connectivity index (χ3n) is 2.94. The highest BCUT2D eigenvalue weighted by Gasteiger charge is 2.36. The molecule has 0 N–H and O–H groups in total. The fourth-order valence-corrected chi connectivity index (χ4v) is 1.64. The molecular weight excluding hydrogens is 174 g/mol. The maximum Gasteiger partial charge on any atom is 0.225 e. The van der Waals surface area contributed by atoms with Crippen molar-refractivity contribution in [3.8, 4) is 0 Å². The summed E-state index contributed by atoms with van der Waals surface area (Å²) in [5.41, 5.74) is 0.408. The Hall–Kier alpha value is -1.12. The zero-order chi connectivity index (χ0) is 10.2. The highest BCUT2D eigenvalue weighted by Crippen LogP contribution is 2.34. The average molecular weight is 191 g/mol. The van der Waals surface area contributed by atoms with Crippen LogP contribution < -0.4 is 4.90 Å². The van der Waals surface area contributed by atoms with Crippen LogP contribution in [0.4, 0.5) is 5.95 Å². The van der Waals surface area contributed by atoms with Gasteiger partial charge >= 0.3 is 0 Å². The first-order valence-electron chi connectivity index (χ1n) is 5.09. The summed E-state index contributed by atoms with van der Waals surface area (Å²) in [7, 11) is 0. The van der Waals surface area contributed by atoms with E-state index in [2.05, 4.69) is 35.6 Å². The van der Waals surface area contributed by atoms with Crippen LogP contribution in [0.3, 0.4) is 0 Å². The summed E-state index contributed by atoms with van der Waals surface area (Å²) >= 11 is 0. The molecule has 1 aliphatic rings. The summed E-state index contributed by atoms with van der Waals surface area (Å²) in [5, 5.41) is 0. The Morgan fingerprint density at radius 3 is 2.29 bits per heavy atom. The molecular formula is C11H17N3. The van der Waals surface area contributed by atoms with Crippen LogP contribution in [0.15, 0.2) is 18.5 Å². The third-order valence-corrected chi connectivity index (χ3v) is 2.94. The second-order valence-corrected chi connectivity index (χ2v) is 5.02. The minimum absolute atomic E-state index is 0.408. The molecule has 1 aromatic heterocycles. The number of rotatable bonds is 1. The summed E-state index contributed by atoms with van der Waals surface area (Å²) in [4.78, 5) is 10.7. The lowest BCUT2D eigenvalue weighted by molar-refractivity contribution is 0.193. The molecule has 0 radical (unpaired) electrons. The molecule has 2 heterocycles. The van der Waals surface area contributed by atoms with Crippen molar-refractivity contribution in [2.45, 2.75) is 20.8 Å². The van der Waals surface area contributed by atoms with Crippen LogP contribution in [0, 0.1) is 11.3 Å². The highest BCUT2D eigenvalue weighted by atomic mass is 15.3. The van der Waals surface area contributed by atoms with E-state index in [4.69, 9.17) is 0 Å². The largest absolute Gasteiger partial charge is 0.340 e. The average Bonchev–Trinajstić information content (AvgIpc) is 2.00. The molecule has 0 aliphatic carbocycles. The number of aromatic nitrogens is 2. The van der Waals surface area contributed by atoms with Gasteiger partial charge in [0.25, 0.3) is 0 Å². The van der Waals surface area contributed by atoms with E-state index in [0.717, 1.165) is 25.0 Å². The van der Waals surface area contributed by atoms with Crippen LogP contribution in [0.25, 0.3) is 0 Å². The van der Waals surface area contributed by atoms with Gasteiger partial charge in [-0.3, -0.25) is 0 Å². The first-order valence-corrected chi connectivity index (χ1v) is 5.09. The molecule has 1 aromatic rings. The van der Waals surface area contributed by atoms with Crippen molar-refractivity contribution in [2.75, 3.05) is 18.0 Å². The first kappa shape index (κ1) is 9.44. The summed E-state index contributed by atoms with van der Waals surface area (Å²) < 4.78 is 0. The van der Waals surface area contributed by atoms with Crippen molar-refractivity contribution in [3.63, 3.8) is 0 Å². The molecule has 2 rings (SSSR count). The van der Waals surface area contributed by atoms with Gasteiger partial charge in [-0.1, -0.05) is 20.8 Å². The van der Waals surface area contributed by atoms with Gasteiger partial charge in [0.1, 0.15) is 0 Å².